The minimum absolute atomic E-state index is 0.00802. The third-order valence-electron chi connectivity index (χ3n) is 5.62. The number of hydrogen-bond donors (Lipinski definition) is 3. The van der Waals surface area contributed by atoms with Crippen molar-refractivity contribution < 1.29 is 9.59 Å². The standard InChI is InChI=1S/C23H27N5O2/c1-16-7-8-20-19(13-16)22(27-26-20)23(30)24-14-17-9-11-28(12-10-17)15-21(29)25-18-5-3-2-4-6-18/h2-8,13,17H,9-12,14-15H2,1H3,(H,24,30)(H,25,29)(H,26,27). The second-order valence-corrected chi connectivity index (χ2v) is 7.97. The van der Waals surface area contributed by atoms with Gasteiger partial charge in [0.2, 0.25) is 5.91 Å². The molecule has 7 heteroatoms. The first-order chi connectivity index (χ1) is 14.6. The Balaban J connectivity index is 1.22. The van der Waals surface area contributed by atoms with Crippen LogP contribution in [0.2, 0.25) is 0 Å². The predicted octanol–water partition coefficient (Wildman–Crippen LogP) is 2.95. The van der Waals surface area contributed by atoms with Gasteiger partial charge >= 0.3 is 0 Å². The lowest BCUT2D eigenvalue weighted by molar-refractivity contribution is -0.117. The Bertz CT molecular complexity index is 1020. The molecule has 1 saturated heterocycles. The maximum absolute atomic E-state index is 12.6. The molecule has 1 aliphatic heterocycles. The van der Waals surface area contributed by atoms with E-state index in [2.05, 4.69) is 25.7 Å². The number of likely N-dealkylation sites (tertiary alicyclic amines) is 1. The number of benzene rings is 2. The monoisotopic (exact) mass is 405 g/mol. The number of H-pyrrole nitrogens is 1. The third kappa shape index (κ3) is 4.86. The quantitative estimate of drug-likeness (QED) is 0.588. The molecule has 1 aromatic heterocycles. The molecule has 4 rings (SSSR count). The Morgan fingerprint density at radius 2 is 1.90 bits per heavy atom. The number of rotatable bonds is 6. The maximum Gasteiger partial charge on any atom is 0.272 e. The number of carbonyl (C=O) groups excluding carboxylic acids is 2. The van der Waals surface area contributed by atoms with Gasteiger partial charge in [0.15, 0.2) is 5.69 Å². The first-order valence-electron chi connectivity index (χ1n) is 10.4. The number of carbonyl (C=O) groups is 2. The number of aryl methyl sites for hydroxylation is 1. The zero-order valence-corrected chi connectivity index (χ0v) is 17.1. The molecule has 2 amide bonds. The van der Waals surface area contributed by atoms with Crippen LogP contribution in [-0.2, 0) is 4.79 Å². The van der Waals surface area contributed by atoms with E-state index in [0.29, 0.717) is 24.7 Å². The van der Waals surface area contributed by atoms with Crippen LogP contribution >= 0.6 is 0 Å². The molecule has 3 aromatic rings. The molecule has 3 N–H and O–H groups in total. The van der Waals surface area contributed by atoms with Crippen molar-refractivity contribution in [1.82, 2.24) is 20.4 Å². The van der Waals surface area contributed by atoms with Crippen LogP contribution in [0.4, 0.5) is 5.69 Å². The molecule has 0 saturated carbocycles. The largest absolute Gasteiger partial charge is 0.350 e. The Morgan fingerprint density at radius 3 is 2.67 bits per heavy atom. The summed E-state index contributed by atoms with van der Waals surface area (Å²) in [6, 6.07) is 15.4. The number of hydrogen-bond acceptors (Lipinski definition) is 4. The van der Waals surface area contributed by atoms with Gasteiger partial charge in [-0.3, -0.25) is 19.6 Å². The minimum Gasteiger partial charge on any atom is -0.350 e. The van der Waals surface area contributed by atoms with Gasteiger partial charge in [0.1, 0.15) is 0 Å². The smallest absolute Gasteiger partial charge is 0.272 e. The van der Waals surface area contributed by atoms with Crippen LogP contribution in [-0.4, -0.2) is 53.1 Å². The summed E-state index contributed by atoms with van der Waals surface area (Å²) in [6.45, 7) is 4.73. The number of fused-ring (bicyclic) bond motifs is 1. The van der Waals surface area contributed by atoms with Crippen LogP contribution in [0.15, 0.2) is 48.5 Å². The SMILES string of the molecule is Cc1ccc2[nH]nc(C(=O)NCC3CCN(CC(=O)Nc4ccccc4)CC3)c2c1. The van der Waals surface area contributed by atoms with Crippen LogP contribution in [0.3, 0.4) is 0 Å². The van der Waals surface area contributed by atoms with Crippen molar-refractivity contribution in [2.45, 2.75) is 19.8 Å². The second-order valence-electron chi connectivity index (χ2n) is 7.97. The topological polar surface area (TPSA) is 90.1 Å². The van der Waals surface area contributed by atoms with Gasteiger partial charge in [-0.1, -0.05) is 29.8 Å². The summed E-state index contributed by atoms with van der Waals surface area (Å²) in [5.41, 5.74) is 3.24. The van der Waals surface area contributed by atoms with Crippen LogP contribution < -0.4 is 10.6 Å². The molecule has 2 aromatic carbocycles. The van der Waals surface area contributed by atoms with Crippen molar-refractivity contribution >= 4 is 28.4 Å². The van der Waals surface area contributed by atoms with E-state index in [9.17, 15) is 9.59 Å². The number of amides is 2. The van der Waals surface area contributed by atoms with Gasteiger partial charge in [-0.2, -0.15) is 5.10 Å². The highest BCUT2D eigenvalue weighted by Crippen LogP contribution is 2.19. The maximum atomic E-state index is 12.6. The van der Waals surface area contributed by atoms with E-state index in [0.717, 1.165) is 48.1 Å². The molecule has 0 unspecified atom stereocenters. The molecule has 1 fully saturated rings. The van der Waals surface area contributed by atoms with Crippen LogP contribution in [0.25, 0.3) is 10.9 Å². The van der Waals surface area contributed by atoms with E-state index in [1.54, 1.807) is 0 Å². The van der Waals surface area contributed by atoms with E-state index in [4.69, 9.17) is 0 Å². The first-order valence-corrected chi connectivity index (χ1v) is 10.4. The van der Waals surface area contributed by atoms with Crippen LogP contribution in [0, 0.1) is 12.8 Å². The summed E-state index contributed by atoms with van der Waals surface area (Å²) in [6.07, 6.45) is 1.92. The van der Waals surface area contributed by atoms with Gasteiger partial charge in [-0.25, -0.2) is 0 Å². The Kier molecular flexibility index (Phi) is 6.09. The number of para-hydroxylation sites is 1. The predicted molar refractivity (Wildman–Crippen MR) is 117 cm³/mol. The highest BCUT2D eigenvalue weighted by atomic mass is 16.2. The van der Waals surface area contributed by atoms with Gasteiger partial charge in [0.25, 0.3) is 5.91 Å². The molecule has 0 spiro atoms. The van der Waals surface area contributed by atoms with E-state index in [1.807, 2.05) is 55.5 Å². The number of nitrogens with zero attached hydrogens (tertiary/aromatic N) is 2. The van der Waals surface area contributed by atoms with Crippen molar-refractivity contribution in [3.63, 3.8) is 0 Å². The first kappa shape index (κ1) is 20.1. The van der Waals surface area contributed by atoms with Gasteiger partial charge in [-0.15, -0.1) is 0 Å². The average Bonchev–Trinajstić information content (AvgIpc) is 3.17. The number of nitrogens with one attached hydrogen (secondary N) is 3. The number of aromatic nitrogens is 2. The van der Waals surface area contributed by atoms with Gasteiger partial charge in [0.05, 0.1) is 12.1 Å². The number of piperidine rings is 1. The van der Waals surface area contributed by atoms with Crippen molar-refractivity contribution in [3.05, 3.63) is 59.8 Å². The number of anilines is 1. The summed E-state index contributed by atoms with van der Waals surface area (Å²) < 4.78 is 0. The molecular weight excluding hydrogens is 378 g/mol. The van der Waals surface area contributed by atoms with Gasteiger partial charge in [0, 0.05) is 17.6 Å². The molecule has 30 heavy (non-hydrogen) atoms. The molecule has 0 bridgehead atoms. The van der Waals surface area contributed by atoms with Crippen molar-refractivity contribution in [3.8, 4) is 0 Å². The van der Waals surface area contributed by atoms with Gasteiger partial charge in [-0.05, 0) is 63.0 Å². The van der Waals surface area contributed by atoms with Gasteiger partial charge < -0.3 is 10.6 Å². The lowest BCUT2D eigenvalue weighted by Crippen LogP contribution is -2.42. The molecule has 0 atom stereocenters. The Morgan fingerprint density at radius 1 is 1.13 bits per heavy atom. The van der Waals surface area contributed by atoms with E-state index in [-0.39, 0.29) is 11.8 Å². The summed E-state index contributed by atoms with van der Waals surface area (Å²) in [5, 5.41) is 13.9. The molecule has 2 heterocycles. The highest BCUT2D eigenvalue weighted by molar-refractivity contribution is 6.04. The van der Waals surface area contributed by atoms with Crippen molar-refractivity contribution in [1.29, 1.82) is 0 Å². The van der Waals surface area contributed by atoms with E-state index < -0.39 is 0 Å². The fourth-order valence-corrected chi connectivity index (χ4v) is 3.90. The lowest BCUT2D eigenvalue weighted by atomic mass is 9.96. The van der Waals surface area contributed by atoms with Crippen molar-refractivity contribution in [2.75, 3.05) is 31.5 Å². The summed E-state index contributed by atoms with van der Waals surface area (Å²) in [7, 11) is 0. The molecule has 0 radical (unpaired) electrons. The summed E-state index contributed by atoms with van der Waals surface area (Å²) >= 11 is 0. The molecule has 1 aliphatic rings. The third-order valence-corrected chi connectivity index (χ3v) is 5.62. The normalized spacial score (nSPS) is 15.2. The Labute approximate surface area is 175 Å². The second kappa shape index (κ2) is 9.09. The lowest BCUT2D eigenvalue weighted by Gasteiger charge is -2.31. The fourth-order valence-electron chi connectivity index (χ4n) is 3.90. The minimum atomic E-state index is -0.142. The summed E-state index contributed by atoms with van der Waals surface area (Å²) in [4.78, 5) is 27.0. The highest BCUT2D eigenvalue weighted by Gasteiger charge is 2.22. The zero-order chi connectivity index (χ0) is 20.9. The van der Waals surface area contributed by atoms with Crippen LogP contribution in [0.5, 0.6) is 0 Å². The summed E-state index contributed by atoms with van der Waals surface area (Å²) in [5.74, 6) is 0.277. The van der Waals surface area contributed by atoms with Crippen LogP contribution in [0.1, 0.15) is 28.9 Å². The fraction of sp³-hybridized carbons (Fsp3) is 0.348. The van der Waals surface area contributed by atoms with E-state index in [1.165, 1.54) is 0 Å². The molecule has 156 valence electrons. The Hall–Kier alpha value is -3.19. The molecule has 7 nitrogen and oxygen atoms in total. The average molecular weight is 406 g/mol. The number of aromatic amines is 1. The zero-order valence-electron chi connectivity index (χ0n) is 17.1. The molecular formula is C23H27N5O2. The van der Waals surface area contributed by atoms with E-state index >= 15 is 0 Å². The molecule has 0 aliphatic carbocycles. The van der Waals surface area contributed by atoms with Crippen molar-refractivity contribution in [2.24, 2.45) is 5.92 Å².